The molecule has 152 valence electrons. The molecule has 1 unspecified atom stereocenters. The Kier molecular flexibility index (Phi) is 7.21. The summed E-state index contributed by atoms with van der Waals surface area (Å²) in [6.45, 7) is 2.72. The molecule has 2 amide bonds. The zero-order chi connectivity index (χ0) is 21.6. The molecule has 0 aliphatic heterocycles. The van der Waals surface area contributed by atoms with E-state index in [1.54, 1.807) is 0 Å². The second-order valence-corrected chi connectivity index (χ2v) is 6.37. The number of nitrogens with zero attached hydrogens (tertiary/aromatic N) is 2. The number of carbonyl (C=O) groups is 3. The third-order valence-corrected chi connectivity index (χ3v) is 3.88. The van der Waals surface area contributed by atoms with Gasteiger partial charge in [-0.15, -0.1) is 0 Å². The lowest BCUT2D eigenvalue weighted by atomic mass is 10.2. The van der Waals surface area contributed by atoms with Crippen molar-refractivity contribution in [3.05, 3.63) is 63.3 Å². The smallest absolute Gasteiger partial charge is 0.329 e. The predicted octanol–water partition coefficient (Wildman–Crippen LogP) is 2.33. The number of non-ortho nitro benzene ring substituents is 1. The van der Waals surface area contributed by atoms with Crippen molar-refractivity contribution < 1.29 is 24.0 Å². The van der Waals surface area contributed by atoms with E-state index in [0.717, 1.165) is 6.07 Å². The van der Waals surface area contributed by atoms with Crippen LogP contribution in [0.15, 0.2) is 42.6 Å². The SMILES string of the molecule is CC(OC(=O)[C@H](C)NC(=O)c1cccc([N+](=O)[O-])c1)C(=O)Nc1ccc(Cl)cn1. The predicted molar refractivity (Wildman–Crippen MR) is 103 cm³/mol. The number of ether oxygens (including phenoxy) is 1. The Morgan fingerprint density at radius 3 is 2.55 bits per heavy atom. The average molecular weight is 421 g/mol. The van der Waals surface area contributed by atoms with Crippen LogP contribution in [-0.2, 0) is 14.3 Å². The standard InChI is InChI=1S/C18H17ClN4O6/c1-10(21-17(25)12-4-3-5-14(8-12)23(27)28)18(26)29-11(2)16(24)22-15-7-6-13(19)9-20-15/h3-11H,1-2H3,(H,21,25)(H,20,22,24)/t10-,11?/m0/s1. The van der Waals surface area contributed by atoms with Gasteiger partial charge in [-0.3, -0.25) is 19.7 Å². The van der Waals surface area contributed by atoms with Gasteiger partial charge in [0.2, 0.25) is 0 Å². The number of nitro groups is 1. The summed E-state index contributed by atoms with van der Waals surface area (Å²) in [5.41, 5.74) is -0.243. The third-order valence-electron chi connectivity index (χ3n) is 3.66. The number of pyridine rings is 1. The van der Waals surface area contributed by atoms with E-state index >= 15 is 0 Å². The van der Waals surface area contributed by atoms with Crippen molar-refractivity contribution in [2.24, 2.45) is 0 Å². The first-order valence-corrected chi connectivity index (χ1v) is 8.73. The Morgan fingerprint density at radius 1 is 1.21 bits per heavy atom. The molecule has 0 saturated heterocycles. The minimum absolute atomic E-state index is 0.0125. The number of carbonyl (C=O) groups excluding carboxylic acids is 3. The van der Waals surface area contributed by atoms with Crippen molar-refractivity contribution >= 4 is 40.9 Å². The maximum atomic E-state index is 12.2. The van der Waals surface area contributed by atoms with E-state index in [-0.39, 0.29) is 17.1 Å². The summed E-state index contributed by atoms with van der Waals surface area (Å²) in [5.74, 6) is -1.93. The van der Waals surface area contributed by atoms with Gasteiger partial charge >= 0.3 is 5.97 Å². The van der Waals surface area contributed by atoms with Crippen molar-refractivity contribution in [2.45, 2.75) is 26.0 Å². The Hall–Kier alpha value is -3.53. The minimum Gasteiger partial charge on any atom is -0.451 e. The third kappa shape index (κ3) is 6.25. The van der Waals surface area contributed by atoms with Crippen LogP contribution in [0.2, 0.25) is 5.02 Å². The molecule has 2 atom stereocenters. The zero-order valence-electron chi connectivity index (χ0n) is 15.4. The second-order valence-electron chi connectivity index (χ2n) is 5.93. The molecule has 2 N–H and O–H groups in total. The molecule has 0 aliphatic carbocycles. The molecule has 10 nitrogen and oxygen atoms in total. The maximum absolute atomic E-state index is 12.2. The van der Waals surface area contributed by atoms with Crippen LogP contribution >= 0.6 is 11.6 Å². The van der Waals surface area contributed by atoms with Gasteiger partial charge < -0.3 is 15.4 Å². The normalized spacial score (nSPS) is 12.4. The minimum atomic E-state index is -1.16. The van der Waals surface area contributed by atoms with E-state index in [1.807, 2.05) is 0 Å². The monoisotopic (exact) mass is 420 g/mol. The van der Waals surface area contributed by atoms with Crippen LogP contribution in [0.4, 0.5) is 11.5 Å². The van der Waals surface area contributed by atoms with Crippen LogP contribution < -0.4 is 10.6 Å². The number of hydrogen-bond acceptors (Lipinski definition) is 7. The molecule has 1 heterocycles. The van der Waals surface area contributed by atoms with E-state index in [1.165, 1.54) is 50.4 Å². The highest BCUT2D eigenvalue weighted by atomic mass is 35.5. The number of anilines is 1. The first kappa shape index (κ1) is 21.8. The molecular weight excluding hydrogens is 404 g/mol. The van der Waals surface area contributed by atoms with Crippen LogP contribution in [0.3, 0.4) is 0 Å². The first-order valence-electron chi connectivity index (χ1n) is 8.35. The molecule has 0 bridgehead atoms. The van der Waals surface area contributed by atoms with Gasteiger partial charge in [0.1, 0.15) is 11.9 Å². The summed E-state index contributed by atoms with van der Waals surface area (Å²) in [6.07, 6.45) is 0.191. The highest BCUT2D eigenvalue weighted by molar-refractivity contribution is 6.30. The molecule has 29 heavy (non-hydrogen) atoms. The lowest BCUT2D eigenvalue weighted by molar-refractivity contribution is -0.384. The van der Waals surface area contributed by atoms with Crippen LogP contribution in [0.1, 0.15) is 24.2 Å². The highest BCUT2D eigenvalue weighted by Gasteiger charge is 2.24. The van der Waals surface area contributed by atoms with Crippen molar-refractivity contribution in [3.63, 3.8) is 0 Å². The van der Waals surface area contributed by atoms with Crippen molar-refractivity contribution in [2.75, 3.05) is 5.32 Å². The Morgan fingerprint density at radius 2 is 1.93 bits per heavy atom. The van der Waals surface area contributed by atoms with E-state index < -0.39 is 34.9 Å². The summed E-state index contributed by atoms with van der Waals surface area (Å²) >= 11 is 5.71. The van der Waals surface area contributed by atoms with Gasteiger partial charge in [-0.25, -0.2) is 9.78 Å². The van der Waals surface area contributed by atoms with E-state index in [9.17, 15) is 24.5 Å². The number of nitrogens with one attached hydrogen (secondary N) is 2. The molecule has 0 spiro atoms. The number of halogens is 1. The number of hydrogen-bond donors (Lipinski definition) is 2. The number of esters is 1. The molecule has 2 rings (SSSR count). The Balaban J connectivity index is 1.91. The average Bonchev–Trinajstić information content (AvgIpc) is 2.69. The Labute approximate surface area is 170 Å². The molecule has 11 heteroatoms. The number of aromatic nitrogens is 1. The molecular formula is C18H17ClN4O6. The van der Waals surface area contributed by atoms with Crippen LogP contribution in [0.25, 0.3) is 0 Å². The quantitative estimate of drug-likeness (QED) is 0.397. The number of nitro benzene ring substituents is 1. The number of rotatable bonds is 7. The van der Waals surface area contributed by atoms with Gasteiger partial charge in [0.25, 0.3) is 17.5 Å². The van der Waals surface area contributed by atoms with Gasteiger partial charge in [0.15, 0.2) is 6.10 Å². The highest BCUT2D eigenvalue weighted by Crippen LogP contribution is 2.13. The number of benzene rings is 1. The van der Waals surface area contributed by atoms with E-state index in [2.05, 4.69) is 15.6 Å². The van der Waals surface area contributed by atoms with E-state index in [4.69, 9.17) is 16.3 Å². The van der Waals surface area contributed by atoms with Crippen LogP contribution in [0, 0.1) is 10.1 Å². The van der Waals surface area contributed by atoms with Gasteiger partial charge in [-0.05, 0) is 32.0 Å². The van der Waals surface area contributed by atoms with Crippen molar-refractivity contribution in [3.8, 4) is 0 Å². The molecule has 0 saturated carbocycles. The molecule has 2 aromatic rings. The lowest BCUT2D eigenvalue weighted by Gasteiger charge is -2.17. The first-order chi connectivity index (χ1) is 13.7. The molecule has 1 aromatic carbocycles. The summed E-state index contributed by atoms with van der Waals surface area (Å²) in [7, 11) is 0. The number of amides is 2. The summed E-state index contributed by atoms with van der Waals surface area (Å²) in [5, 5.41) is 16.0. The fraction of sp³-hybridized carbons (Fsp3) is 0.222. The van der Waals surface area contributed by atoms with Gasteiger partial charge in [0.05, 0.1) is 9.95 Å². The van der Waals surface area contributed by atoms with Gasteiger partial charge in [0, 0.05) is 23.9 Å². The van der Waals surface area contributed by atoms with E-state index in [0.29, 0.717) is 5.02 Å². The topological polar surface area (TPSA) is 141 Å². The Bertz CT molecular complexity index is 934. The van der Waals surface area contributed by atoms with Crippen LogP contribution in [0.5, 0.6) is 0 Å². The molecule has 0 aliphatic rings. The fourth-order valence-corrected chi connectivity index (χ4v) is 2.22. The molecule has 1 aromatic heterocycles. The second kappa shape index (κ2) is 9.60. The van der Waals surface area contributed by atoms with Gasteiger partial charge in [-0.2, -0.15) is 0 Å². The zero-order valence-corrected chi connectivity index (χ0v) is 16.2. The maximum Gasteiger partial charge on any atom is 0.329 e. The van der Waals surface area contributed by atoms with Crippen LogP contribution in [-0.4, -0.2) is 39.8 Å². The lowest BCUT2D eigenvalue weighted by Crippen LogP contribution is -2.42. The fourth-order valence-electron chi connectivity index (χ4n) is 2.11. The molecule has 0 fully saturated rings. The summed E-state index contributed by atoms with van der Waals surface area (Å²) in [6, 6.07) is 6.98. The summed E-state index contributed by atoms with van der Waals surface area (Å²) in [4.78, 5) is 50.5. The van der Waals surface area contributed by atoms with Crippen molar-refractivity contribution in [1.29, 1.82) is 0 Å². The largest absolute Gasteiger partial charge is 0.451 e. The van der Waals surface area contributed by atoms with Gasteiger partial charge in [-0.1, -0.05) is 17.7 Å². The van der Waals surface area contributed by atoms with Crippen molar-refractivity contribution in [1.82, 2.24) is 10.3 Å². The summed E-state index contributed by atoms with van der Waals surface area (Å²) < 4.78 is 5.04. The molecule has 0 radical (unpaired) electrons.